The maximum Gasteiger partial charge on any atom is 0.416 e. The van der Waals surface area contributed by atoms with E-state index in [1.54, 1.807) is 0 Å². The van der Waals surface area contributed by atoms with Gasteiger partial charge < -0.3 is 0 Å². The molecule has 0 amide bonds. The van der Waals surface area contributed by atoms with E-state index >= 15 is 0 Å². The van der Waals surface area contributed by atoms with Gasteiger partial charge in [-0.1, -0.05) is 0 Å². The van der Waals surface area contributed by atoms with Crippen molar-refractivity contribution in [2.24, 2.45) is 47.3 Å². The van der Waals surface area contributed by atoms with E-state index in [2.05, 4.69) is 0 Å². The Morgan fingerprint density at radius 2 is 0.680 bits per heavy atom. The smallest absolute Gasteiger partial charge is 0.299 e. The van der Waals surface area contributed by atoms with E-state index in [4.69, 9.17) is 0 Å². The zero-order chi connectivity index (χ0) is 36.3. The Hall–Kier alpha value is -3.06. The molecule has 0 N–H and O–H groups in total. The third-order valence-electron chi connectivity index (χ3n) is 12.6. The lowest BCUT2D eigenvalue weighted by atomic mass is 9.63. The molecule has 0 heterocycles. The fraction of sp³-hybridized carbons (Fsp3) is 0.611. The average Bonchev–Trinajstić information content (AvgIpc) is 3.47. The van der Waals surface area contributed by atoms with Crippen LogP contribution in [-0.4, -0.2) is 11.6 Å². The second-order valence-electron chi connectivity index (χ2n) is 15.1. The van der Waals surface area contributed by atoms with Gasteiger partial charge in [0.2, 0.25) is 0 Å². The maximum atomic E-state index is 13.8. The number of fused-ring (bicyclic) bond motifs is 6. The minimum absolute atomic E-state index is 0.0836. The molecule has 2 aromatic rings. The number of alkyl halides is 12. The fourth-order valence-electron chi connectivity index (χ4n) is 10.5. The Kier molecular flexibility index (Phi) is 8.29. The predicted molar refractivity (Wildman–Crippen MR) is 153 cm³/mol. The summed E-state index contributed by atoms with van der Waals surface area (Å²) in [7, 11) is 0. The minimum atomic E-state index is -4.99. The average molecular weight is 725 g/mol. The van der Waals surface area contributed by atoms with Gasteiger partial charge in [0.1, 0.15) is 11.6 Å². The summed E-state index contributed by atoms with van der Waals surface area (Å²) in [6, 6.07) is 3.09. The van der Waals surface area contributed by atoms with Crippen LogP contribution in [0.5, 0.6) is 0 Å². The van der Waals surface area contributed by atoms with Crippen molar-refractivity contribution in [3.05, 3.63) is 69.8 Å². The van der Waals surface area contributed by atoms with Crippen LogP contribution in [0.4, 0.5) is 52.7 Å². The lowest BCUT2D eigenvalue weighted by Crippen LogP contribution is -2.35. The summed E-state index contributed by atoms with van der Waals surface area (Å²) < 4.78 is 162. The van der Waals surface area contributed by atoms with E-state index < -0.39 is 82.5 Å². The molecular weight excluding hydrogens is 692 g/mol. The first-order valence-electron chi connectivity index (χ1n) is 16.8. The van der Waals surface area contributed by atoms with Gasteiger partial charge in [-0.25, -0.2) is 0 Å². The Morgan fingerprint density at radius 3 is 0.980 bits per heavy atom. The molecule has 0 saturated heterocycles. The van der Waals surface area contributed by atoms with Crippen LogP contribution in [0.15, 0.2) is 36.4 Å². The van der Waals surface area contributed by atoms with Crippen molar-refractivity contribution in [3.8, 4) is 0 Å². The summed E-state index contributed by atoms with van der Waals surface area (Å²) in [6.45, 7) is 0. The first kappa shape index (κ1) is 35.3. The molecule has 5 aliphatic carbocycles. The summed E-state index contributed by atoms with van der Waals surface area (Å²) in [6.07, 6.45) is -17.5. The van der Waals surface area contributed by atoms with Crippen LogP contribution >= 0.6 is 0 Å². The number of ketones is 2. The number of Topliss-reactive ketones (excluding diaryl/α,β-unsaturated/α-hetero) is 2. The van der Waals surface area contributed by atoms with Gasteiger partial charge in [-0.3, -0.25) is 9.59 Å². The molecule has 10 unspecified atom stereocenters. The molecular formula is C36H32F12O2. The number of benzene rings is 2. The summed E-state index contributed by atoms with van der Waals surface area (Å²) in [5.41, 5.74) is -5.83. The molecule has 0 aliphatic heterocycles. The topological polar surface area (TPSA) is 34.1 Å². The van der Waals surface area contributed by atoms with Gasteiger partial charge in [-0.05, 0) is 134 Å². The Morgan fingerprint density at radius 1 is 0.380 bits per heavy atom. The van der Waals surface area contributed by atoms with Gasteiger partial charge in [-0.2, -0.15) is 52.7 Å². The molecule has 14 heteroatoms. The number of carbonyl (C=O) groups is 2. The van der Waals surface area contributed by atoms with Gasteiger partial charge in [0.15, 0.2) is 0 Å². The molecule has 0 bridgehead atoms. The monoisotopic (exact) mass is 724 g/mol. The van der Waals surface area contributed by atoms with Crippen LogP contribution in [0, 0.1) is 47.3 Å². The largest absolute Gasteiger partial charge is 0.416 e. The Labute approximate surface area is 279 Å². The molecule has 272 valence electrons. The van der Waals surface area contributed by atoms with E-state index in [0.717, 1.165) is 24.3 Å². The Balaban J connectivity index is 1.09. The van der Waals surface area contributed by atoms with Crippen molar-refractivity contribution in [2.45, 2.75) is 87.9 Å². The normalized spacial score (nSPS) is 34.6. The fourth-order valence-corrected chi connectivity index (χ4v) is 10.5. The molecule has 0 spiro atoms. The third-order valence-corrected chi connectivity index (χ3v) is 12.6. The van der Waals surface area contributed by atoms with Gasteiger partial charge in [0, 0.05) is 23.7 Å². The molecule has 5 saturated carbocycles. The molecule has 10 atom stereocenters. The number of hydrogen-bond acceptors (Lipinski definition) is 2. The standard InChI is InChI=1S/C36H32F12O2/c37-33(38,39)19-5-17(6-20(11-19)34(40,41)42)15-1-3-23-25-13-26-24-4-2-16(18-7-21(35(43,44)45)12-22(8-18)36(46,47)48)10-28(24)32(50)30(26)14-29(25)31(49)27(23)9-15/h5-8,11-12,15-16,23-30H,1-4,9-10,13-14H2. The van der Waals surface area contributed by atoms with Crippen molar-refractivity contribution in [3.63, 3.8) is 0 Å². The molecule has 5 fully saturated rings. The lowest BCUT2D eigenvalue weighted by Gasteiger charge is -2.41. The quantitative estimate of drug-likeness (QED) is 0.289. The molecule has 2 aromatic carbocycles. The lowest BCUT2D eigenvalue weighted by molar-refractivity contribution is -0.144. The van der Waals surface area contributed by atoms with Crippen LogP contribution < -0.4 is 0 Å². The van der Waals surface area contributed by atoms with E-state index in [1.165, 1.54) is 0 Å². The molecule has 50 heavy (non-hydrogen) atoms. The van der Waals surface area contributed by atoms with Crippen molar-refractivity contribution in [1.29, 1.82) is 0 Å². The summed E-state index contributed by atoms with van der Waals surface area (Å²) in [5.74, 6) is -4.20. The summed E-state index contributed by atoms with van der Waals surface area (Å²) >= 11 is 0. The van der Waals surface area contributed by atoms with Crippen molar-refractivity contribution < 1.29 is 62.3 Å². The molecule has 5 aliphatic rings. The second-order valence-corrected chi connectivity index (χ2v) is 15.1. The SMILES string of the molecule is O=C1C2CC(c3cc(C(F)(F)F)cc(C(F)(F)F)c3)CCC2C2CC3C(CC12)C(=O)C1CC(c2cc(C(F)(F)F)cc(C(F)(F)F)c2)CCC13. The first-order chi connectivity index (χ1) is 23.1. The van der Waals surface area contributed by atoms with Crippen LogP contribution in [0.2, 0.25) is 0 Å². The molecule has 0 aromatic heterocycles. The van der Waals surface area contributed by atoms with Crippen LogP contribution in [-0.2, 0) is 34.3 Å². The van der Waals surface area contributed by atoms with Crippen LogP contribution in [0.25, 0.3) is 0 Å². The number of carbonyl (C=O) groups excluding carboxylic acids is 2. The Bertz CT molecular complexity index is 1500. The summed E-state index contributed by atoms with van der Waals surface area (Å²) in [4.78, 5) is 27.6. The van der Waals surface area contributed by atoms with Gasteiger partial charge >= 0.3 is 24.7 Å². The van der Waals surface area contributed by atoms with Gasteiger partial charge in [0.25, 0.3) is 0 Å². The zero-order valence-electron chi connectivity index (χ0n) is 26.2. The zero-order valence-corrected chi connectivity index (χ0v) is 26.2. The highest BCUT2D eigenvalue weighted by molar-refractivity contribution is 5.91. The van der Waals surface area contributed by atoms with E-state index in [-0.39, 0.29) is 77.8 Å². The van der Waals surface area contributed by atoms with Gasteiger partial charge in [-0.15, -0.1) is 0 Å². The van der Waals surface area contributed by atoms with Crippen LogP contribution in [0.1, 0.15) is 96.6 Å². The van der Waals surface area contributed by atoms with Crippen molar-refractivity contribution >= 4 is 11.6 Å². The highest BCUT2D eigenvalue weighted by Crippen LogP contribution is 2.63. The van der Waals surface area contributed by atoms with E-state index in [0.29, 0.717) is 32.1 Å². The molecule has 7 rings (SSSR count). The van der Waals surface area contributed by atoms with Gasteiger partial charge in [0.05, 0.1) is 22.3 Å². The number of rotatable bonds is 2. The van der Waals surface area contributed by atoms with Crippen molar-refractivity contribution in [2.75, 3.05) is 0 Å². The highest BCUT2D eigenvalue weighted by atomic mass is 19.4. The first-order valence-corrected chi connectivity index (χ1v) is 16.8. The second kappa shape index (κ2) is 11.7. The van der Waals surface area contributed by atoms with Crippen molar-refractivity contribution in [1.82, 2.24) is 0 Å². The van der Waals surface area contributed by atoms with Crippen LogP contribution in [0.3, 0.4) is 0 Å². The molecule has 2 nitrogen and oxygen atoms in total. The summed E-state index contributed by atoms with van der Waals surface area (Å²) in [5, 5.41) is 0. The minimum Gasteiger partial charge on any atom is -0.299 e. The number of hydrogen-bond donors (Lipinski definition) is 0. The predicted octanol–water partition coefficient (Wildman–Crippen LogP) is 10.9. The third kappa shape index (κ3) is 6.13. The molecule has 0 radical (unpaired) electrons. The van der Waals surface area contributed by atoms with E-state index in [9.17, 15) is 62.3 Å². The highest BCUT2D eigenvalue weighted by Gasteiger charge is 2.61. The number of halogens is 12. The van der Waals surface area contributed by atoms with E-state index in [1.807, 2.05) is 0 Å². The maximum absolute atomic E-state index is 13.8.